The van der Waals surface area contributed by atoms with E-state index in [2.05, 4.69) is 4.98 Å². The molecule has 1 aromatic heterocycles. The number of nitrogens with two attached hydrogens (primary N) is 1. The molecule has 0 fully saturated rings. The summed E-state index contributed by atoms with van der Waals surface area (Å²) in [5.41, 5.74) is 6.44. The number of aromatic nitrogens is 1. The topological polar surface area (TPSA) is 57.4 Å². The average molecular weight is 168 g/mol. The van der Waals surface area contributed by atoms with Crippen LogP contribution in [0, 0.1) is 6.92 Å². The lowest BCUT2D eigenvalue weighted by Crippen LogP contribution is -2.03. The summed E-state index contributed by atoms with van der Waals surface area (Å²) in [4.78, 5) is 4.02. The Labute approximate surface area is 71.3 Å². The number of methoxy groups -OCH3 is 1. The predicted octanol–water partition coefficient (Wildman–Crippen LogP) is 0.955. The molecule has 2 N–H and O–H groups in total. The van der Waals surface area contributed by atoms with Gasteiger partial charge in [0.2, 0.25) is 0 Å². The molecule has 0 spiro atoms. The number of rotatable bonds is 3. The minimum absolute atomic E-state index is 0.189. The molecule has 0 aromatic carbocycles. The molecule has 0 radical (unpaired) electrons. The lowest BCUT2D eigenvalue weighted by molar-refractivity contribution is 0.0514. The average Bonchev–Trinajstić information content (AvgIpc) is 2.03. The number of nitrogen functional groups attached to an aromatic ring is 1. The van der Waals surface area contributed by atoms with E-state index in [1.807, 2.05) is 13.0 Å². The first kappa shape index (κ1) is 8.80. The summed E-state index contributed by atoms with van der Waals surface area (Å²) in [5, 5.41) is 0. The van der Waals surface area contributed by atoms with E-state index in [0.717, 1.165) is 5.69 Å². The second-order valence-electron chi connectivity index (χ2n) is 2.39. The molecular weight excluding hydrogens is 156 g/mol. The first-order chi connectivity index (χ1) is 5.74. The third-order valence-corrected chi connectivity index (χ3v) is 1.36. The molecule has 0 amide bonds. The summed E-state index contributed by atoms with van der Waals surface area (Å²) >= 11 is 0. The highest BCUT2D eigenvalue weighted by molar-refractivity contribution is 5.45. The van der Waals surface area contributed by atoms with Crippen LogP contribution < -0.4 is 10.5 Å². The second kappa shape index (κ2) is 3.92. The van der Waals surface area contributed by atoms with Crippen LogP contribution in [0.15, 0.2) is 12.1 Å². The van der Waals surface area contributed by atoms with Crippen molar-refractivity contribution in [1.82, 2.24) is 4.98 Å². The predicted molar refractivity (Wildman–Crippen MR) is 45.9 cm³/mol. The van der Waals surface area contributed by atoms with Gasteiger partial charge in [0.25, 0.3) is 0 Å². The number of hydrogen-bond acceptors (Lipinski definition) is 4. The van der Waals surface area contributed by atoms with Gasteiger partial charge in [0.1, 0.15) is 0 Å². The van der Waals surface area contributed by atoms with Crippen molar-refractivity contribution in [2.24, 2.45) is 0 Å². The van der Waals surface area contributed by atoms with Crippen molar-refractivity contribution in [3.8, 4) is 5.75 Å². The molecule has 0 aliphatic rings. The zero-order chi connectivity index (χ0) is 8.97. The van der Waals surface area contributed by atoms with Crippen molar-refractivity contribution >= 4 is 5.82 Å². The molecule has 0 saturated carbocycles. The summed E-state index contributed by atoms with van der Waals surface area (Å²) in [7, 11) is 1.55. The fraction of sp³-hybridized carbons (Fsp3) is 0.375. The Morgan fingerprint density at radius 1 is 1.50 bits per heavy atom. The van der Waals surface area contributed by atoms with Gasteiger partial charge in [-0.3, -0.25) is 0 Å². The standard InChI is InChI=1S/C8H12N2O2/c1-6-3-4-7(8(9)10-6)12-5-11-2/h3-4H,5H2,1-2H3,(H2,9,10). The first-order valence-electron chi connectivity index (χ1n) is 3.59. The van der Waals surface area contributed by atoms with E-state index >= 15 is 0 Å². The van der Waals surface area contributed by atoms with Crippen molar-refractivity contribution in [1.29, 1.82) is 0 Å². The summed E-state index contributed by atoms with van der Waals surface area (Å²) in [6.45, 7) is 2.06. The van der Waals surface area contributed by atoms with Gasteiger partial charge in [0.05, 0.1) is 0 Å². The van der Waals surface area contributed by atoms with Crippen molar-refractivity contribution in [2.75, 3.05) is 19.6 Å². The number of ether oxygens (including phenoxy) is 2. The Bertz CT molecular complexity index is 263. The number of hydrogen-bond donors (Lipinski definition) is 1. The van der Waals surface area contributed by atoms with Gasteiger partial charge in [0.15, 0.2) is 18.4 Å². The quantitative estimate of drug-likeness (QED) is 0.683. The normalized spacial score (nSPS) is 9.83. The SMILES string of the molecule is COCOc1ccc(C)nc1N. The lowest BCUT2D eigenvalue weighted by Gasteiger charge is -2.06. The highest BCUT2D eigenvalue weighted by Crippen LogP contribution is 2.18. The van der Waals surface area contributed by atoms with Crippen LogP contribution in [0.1, 0.15) is 5.69 Å². The van der Waals surface area contributed by atoms with Crippen molar-refractivity contribution < 1.29 is 9.47 Å². The molecule has 0 bridgehead atoms. The van der Waals surface area contributed by atoms with Gasteiger partial charge < -0.3 is 15.2 Å². The zero-order valence-electron chi connectivity index (χ0n) is 7.20. The van der Waals surface area contributed by atoms with E-state index in [1.165, 1.54) is 0 Å². The van der Waals surface area contributed by atoms with Crippen LogP contribution >= 0.6 is 0 Å². The molecule has 0 atom stereocenters. The van der Waals surface area contributed by atoms with Crippen molar-refractivity contribution in [3.63, 3.8) is 0 Å². The first-order valence-corrected chi connectivity index (χ1v) is 3.59. The van der Waals surface area contributed by atoms with Crippen LogP contribution in [0.3, 0.4) is 0 Å². The van der Waals surface area contributed by atoms with Crippen molar-refractivity contribution in [3.05, 3.63) is 17.8 Å². The van der Waals surface area contributed by atoms with Crippen LogP contribution in [-0.4, -0.2) is 18.9 Å². The van der Waals surface area contributed by atoms with Crippen LogP contribution in [0.5, 0.6) is 5.75 Å². The van der Waals surface area contributed by atoms with Crippen molar-refractivity contribution in [2.45, 2.75) is 6.92 Å². The Morgan fingerprint density at radius 2 is 2.25 bits per heavy atom. The third kappa shape index (κ3) is 2.10. The van der Waals surface area contributed by atoms with E-state index in [0.29, 0.717) is 11.6 Å². The van der Waals surface area contributed by atoms with E-state index in [4.69, 9.17) is 15.2 Å². The maximum atomic E-state index is 5.57. The Hall–Kier alpha value is -1.29. The smallest absolute Gasteiger partial charge is 0.188 e. The minimum Gasteiger partial charge on any atom is -0.464 e. The summed E-state index contributed by atoms with van der Waals surface area (Å²) in [6, 6.07) is 3.61. The van der Waals surface area contributed by atoms with Crippen LogP contribution in [0.2, 0.25) is 0 Å². The van der Waals surface area contributed by atoms with Gasteiger partial charge in [-0.15, -0.1) is 0 Å². The van der Waals surface area contributed by atoms with E-state index < -0.39 is 0 Å². The summed E-state index contributed by atoms with van der Waals surface area (Å²) in [5.74, 6) is 0.953. The Kier molecular flexibility index (Phi) is 2.88. The van der Waals surface area contributed by atoms with Crippen LogP contribution in [-0.2, 0) is 4.74 Å². The van der Waals surface area contributed by atoms with E-state index in [-0.39, 0.29) is 6.79 Å². The summed E-state index contributed by atoms with van der Waals surface area (Å²) < 4.78 is 9.86. The molecule has 0 saturated heterocycles. The van der Waals surface area contributed by atoms with Crippen LogP contribution in [0.25, 0.3) is 0 Å². The lowest BCUT2D eigenvalue weighted by atomic mass is 10.3. The molecule has 4 nitrogen and oxygen atoms in total. The number of pyridine rings is 1. The maximum absolute atomic E-state index is 5.57. The van der Waals surface area contributed by atoms with E-state index in [9.17, 15) is 0 Å². The molecule has 1 aromatic rings. The van der Waals surface area contributed by atoms with Gasteiger partial charge in [-0.1, -0.05) is 0 Å². The van der Waals surface area contributed by atoms with Gasteiger partial charge >= 0.3 is 0 Å². The third-order valence-electron chi connectivity index (χ3n) is 1.36. The second-order valence-corrected chi connectivity index (χ2v) is 2.39. The maximum Gasteiger partial charge on any atom is 0.188 e. The largest absolute Gasteiger partial charge is 0.464 e. The fourth-order valence-electron chi connectivity index (χ4n) is 0.808. The number of anilines is 1. The van der Waals surface area contributed by atoms with Gasteiger partial charge in [-0.2, -0.15) is 0 Å². The molecule has 66 valence electrons. The Morgan fingerprint density at radius 3 is 2.83 bits per heavy atom. The molecule has 0 aliphatic carbocycles. The summed E-state index contributed by atoms with van der Waals surface area (Å²) in [6.07, 6.45) is 0. The molecular formula is C8H12N2O2. The molecule has 12 heavy (non-hydrogen) atoms. The Balaban J connectivity index is 2.72. The molecule has 0 unspecified atom stereocenters. The molecule has 4 heteroatoms. The highest BCUT2D eigenvalue weighted by Gasteiger charge is 2.00. The van der Waals surface area contributed by atoms with Gasteiger partial charge in [0, 0.05) is 12.8 Å². The van der Waals surface area contributed by atoms with Crippen LogP contribution in [0.4, 0.5) is 5.82 Å². The van der Waals surface area contributed by atoms with E-state index in [1.54, 1.807) is 13.2 Å². The number of aryl methyl sites for hydroxylation is 1. The van der Waals surface area contributed by atoms with Gasteiger partial charge in [-0.25, -0.2) is 4.98 Å². The highest BCUT2D eigenvalue weighted by atomic mass is 16.7. The molecule has 1 heterocycles. The minimum atomic E-state index is 0.189. The monoisotopic (exact) mass is 168 g/mol. The molecule has 1 rings (SSSR count). The molecule has 0 aliphatic heterocycles. The van der Waals surface area contributed by atoms with Gasteiger partial charge in [-0.05, 0) is 19.1 Å². The zero-order valence-corrected chi connectivity index (χ0v) is 7.20. The number of nitrogens with zero attached hydrogens (tertiary/aromatic N) is 1. The fourth-order valence-corrected chi connectivity index (χ4v) is 0.808.